The van der Waals surface area contributed by atoms with Crippen molar-refractivity contribution in [3.63, 3.8) is 0 Å². The summed E-state index contributed by atoms with van der Waals surface area (Å²) < 4.78 is 0. The van der Waals surface area contributed by atoms with Crippen molar-refractivity contribution < 1.29 is 4.79 Å². The van der Waals surface area contributed by atoms with Crippen LogP contribution in [0, 0.1) is 0 Å². The molecule has 4 rings (SSSR count). The highest BCUT2D eigenvalue weighted by Crippen LogP contribution is 2.33. The lowest BCUT2D eigenvalue weighted by Gasteiger charge is -2.36. The maximum Gasteiger partial charge on any atom is 0.236 e. The first-order valence-corrected chi connectivity index (χ1v) is 11.2. The number of hydrogen-bond acceptors (Lipinski definition) is 3. The van der Waals surface area contributed by atoms with Crippen LogP contribution in [0.5, 0.6) is 0 Å². The summed E-state index contributed by atoms with van der Waals surface area (Å²) in [5.41, 5.74) is 3.71. The largest absolute Gasteiger partial charge is 0.367 e. The second kappa shape index (κ2) is 9.99. The van der Waals surface area contributed by atoms with Crippen molar-refractivity contribution in [3.05, 3.63) is 95.0 Å². The van der Waals surface area contributed by atoms with Gasteiger partial charge in [0, 0.05) is 31.2 Å². The number of amides is 1. The molecule has 1 aliphatic heterocycles. The highest BCUT2D eigenvalue weighted by Gasteiger charge is 2.25. The molecule has 0 aromatic heterocycles. The Morgan fingerprint density at radius 2 is 1.48 bits per heavy atom. The average Bonchev–Trinajstić information content (AvgIpc) is 2.81. The number of nitrogens with one attached hydrogen (secondary N) is 1. The number of halogens is 1. The third kappa shape index (κ3) is 5.09. The molecule has 0 unspecified atom stereocenters. The second-order valence-corrected chi connectivity index (χ2v) is 8.26. The summed E-state index contributed by atoms with van der Waals surface area (Å²) >= 11 is 6.32. The van der Waals surface area contributed by atoms with E-state index in [0.29, 0.717) is 5.02 Å². The van der Waals surface area contributed by atoms with Crippen LogP contribution in [0.1, 0.15) is 24.0 Å². The number of piperazine rings is 1. The smallest absolute Gasteiger partial charge is 0.236 e. The lowest BCUT2D eigenvalue weighted by Crippen LogP contribution is -2.46. The molecule has 1 N–H and O–H groups in total. The minimum Gasteiger partial charge on any atom is -0.367 e. The predicted molar refractivity (Wildman–Crippen MR) is 129 cm³/mol. The first-order chi connectivity index (χ1) is 15.2. The van der Waals surface area contributed by atoms with Gasteiger partial charge in [-0.05, 0) is 35.9 Å². The number of rotatable bonds is 6. The normalized spacial score (nSPS) is 14.6. The number of carbonyl (C=O) groups excluding carboxylic acids is 1. The van der Waals surface area contributed by atoms with E-state index in [-0.39, 0.29) is 5.91 Å². The monoisotopic (exact) mass is 433 g/mol. The zero-order valence-corrected chi connectivity index (χ0v) is 18.6. The van der Waals surface area contributed by atoms with Crippen molar-refractivity contribution in [2.75, 3.05) is 42.9 Å². The Hall–Kier alpha value is -2.82. The van der Waals surface area contributed by atoms with E-state index in [0.717, 1.165) is 55.2 Å². The second-order valence-electron chi connectivity index (χ2n) is 7.83. The maximum absolute atomic E-state index is 13.6. The summed E-state index contributed by atoms with van der Waals surface area (Å²) in [6.07, 6.45) is 0. The van der Waals surface area contributed by atoms with Crippen LogP contribution in [0.25, 0.3) is 0 Å². The first-order valence-electron chi connectivity index (χ1n) is 10.8. The van der Waals surface area contributed by atoms with E-state index in [9.17, 15) is 4.79 Å². The van der Waals surface area contributed by atoms with E-state index < -0.39 is 5.92 Å². The molecule has 3 aromatic carbocycles. The molecule has 0 spiro atoms. The van der Waals surface area contributed by atoms with Gasteiger partial charge in [-0.15, -0.1) is 0 Å². The molecule has 1 fully saturated rings. The van der Waals surface area contributed by atoms with Gasteiger partial charge in [0.2, 0.25) is 5.91 Å². The van der Waals surface area contributed by atoms with Gasteiger partial charge in [0.25, 0.3) is 0 Å². The number of nitrogens with zero attached hydrogens (tertiary/aromatic N) is 2. The van der Waals surface area contributed by atoms with Crippen LogP contribution in [0.15, 0.2) is 78.9 Å². The summed E-state index contributed by atoms with van der Waals surface area (Å²) in [4.78, 5) is 18.3. The molecule has 0 radical (unpaired) electrons. The van der Waals surface area contributed by atoms with Gasteiger partial charge in [0.1, 0.15) is 0 Å². The number of carbonyl (C=O) groups is 1. The lowest BCUT2D eigenvalue weighted by molar-refractivity contribution is -0.116. The zero-order chi connectivity index (χ0) is 21.6. The lowest BCUT2D eigenvalue weighted by atomic mass is 9.90. The SMILES string of the molecule is CCN1CCN(c2ccc(Cl)cc2NC(=O)C(c2ccccc2)c2ccccc2)CC1. The summed E-state index contributed by atoms with van der Waals surface area (Å²) in [6.45, 7) is 7.15. The van der Waals surface area contributed by atoms with Gasteiger partial charge in [-0.2, -0.15) is 0 Å². The Bertz CT molecular complexity index is 962. The van der Waals surface area contributed by atoms with E-state index in [1.165, 1.54) is 0 Å². The first kappa shape index (κ1) is 21.4. The molecule has 160 valence electrons. The molecular weight excluding hydrogens is 406 g/mol. The van der Waals surface area contributed by atoms with Gasteiger partial charge in [0.15, 0.2) is 0 Å². The number of hydrogen-bond donors (Lipinski definition) is 1. The minimum atomic E-state index is -0.397. The third-order valence-corrected chi connectivity index (χ3v) is 6.14. The molecule has 1 amide bonds. The molecule has 1 aliphatic rings. The molecule has 4 nitrogen and oxygen atoms in total. The Kier molecular flexibility index (Phi) is 6.90. The summed E-state index contributed by atoms with van der Waals surface area (Å²) in [5.74, 6) is -0.459. The van der Waals surface area contributed by atoms with E-state index >= 15 is 0 Å². The van der Waals surface area contributed by atoms with Crippen LogP contribution in [0.2, 0.25) is 5.02 Å². The van der Waals surface area contributed by atoms with Crippen molar-refractivity contribution in [2.45, 2.75) is 12.8 Å². The highest BCUT2D eigenvalue weighted by atomic mass is 35.5. The van der Waals surface area contributed by atoms with Crippen molar-refractivity contribution in [1.82, 2.24) is 4.90 Å². The molecule has 3 aromatic rings. The van der Waals surface area contributed by atoms with Crippen LogP contribution in [-0.2, 0) is 4.79 Å². The predicted octanol–water partition coefficient (Wildman–Crippen LogP) is 5.25. The molecule has 1 heterocycles. The third-order valence-electron chi connectivity index (χ3n) is 5.90. The van der Waals surface area contributed by atoms with E-state index in [1.54, 1.807) is 0 Å². The quantitative estimate of drug-likeness (QED) is 0.576. The fraction of sp³-hybridized carbons (Fsp3) is 0.269. The minimum absolute atomic E-state index is 0.0619. The summed E-state index contributed by atoms with van der Waals surface area (Å²) in [7, 11) is 0. The van der Waals surface area contributed by atoms with Crippen molar-refractivity contribution in [2.24, 2.45) is 0 Å². The van der Waals surface area contributed by atoms with Crippen molar-refractivity contribution in [1.29, 1.82) is 0 Å². The van der Waals surface area contributed by atoms with Crippen LogP contribution < -0.4 is 10.2 Å². The topological polar surface area (TPSA) is 35.6 Å². The van der Waals surface area contributed by atoms with Crippen LogP contribution in [0.3, 0.4) is 0 Å². The zero-order valence-electron chi connectivity index (χ0n) is 17.8. The van der Waals surface area contributed by atoms with Crippen molar-refractivity contribution in [3.8, 4) is 0 Å². The highest BCUT2D eigenvalue weighted by molar-refractivity contribution is 6.31. The molecule has 0 saturated carbocycles. The number of benzene rings is 3. The van der Waals surface area contributed by atoms with Gasteiger partial charge in [-0.25, -0.2) is 0 Å². The standard InChI is InChI=1S/C26H28ClN3O/c1-2-29-15-17-30(18-16-29)24-14-13-22(27)19-23(24)28-26(31)25(20-9-5-3-6-10-20)21-11-7-4-8-12-21/h3-14,19,25H,2,15-18H2,1H3,(H,28,31). The van der Waals surface area contributed by atoms with Gasteiger partial charge in [-0.3, -0.25) is 4.79 Å². The van der Waals surface area contributed by atoms with Gasteiger partial charge < -0.3 is 15.1 Å². The Morgan fingerprint density at radius 3 is 2.03 bits per heavy atom. The van der Waals surface area contributed by atoms with Crippen LogP contribution in [0.4, 0.5) is 11.4 Å². The average molecular weight is 434 g/mol. The van der Waals surface area contributed by atoms with Gasteiger partial charge in [-0.1, -0.05) is 79.2 Å². The Labute approximate surface area is 189 Å². The molecule has 1 saturated heterocycles. The summed E-state index contributed by atoms with van der Waals surface area (Å²) in [6, 6.07) is 25.6. The number of likely N-dealkylation sites (N-methyl/N-ethyl adjacent to an activating group) is 1. The molecule has 0 atom stereocenters. The van der Waals surface area contributed by atoms with Crippen molar-refractivity contribution >= 4 is 28.9 Å². The molecule has 0 bridgehead atoms. The van der Waals surface area contributed by atoms with E-state index in [4.69, 9.17) is 11.6 Å². The molecule has 31 heavy (non-hydrogen) atoms. The number of anilines is 2. The van der Waals surface area contributed by atoms with E-state index in [2.05, 4.69) is 22.0 Å². The molecule has 0 aliphatic carbocycles. The van der Waals surface area contributed by atoms with Gasteiger partial charge in [0.05, 0.1) is 17.3 Å². The molecule has 5 heteroatoms. The fourth-order valence-corrected chi connectivity index (χ4v) is 4.35. The van der Waals surface area contributed by atoms with E-state index in [1.807, 2.05) is 78.9 Å². The Morgan fingerprint density at radius 1 is 0.903 bits per heavy atom. The van der Waals surface area contributed by atoms with Crippen LogP contribution in [-0.4, -0.2) is 43.5 Å². The summed E-state index contributed by atoms with van der Waals surface area (Å²) in [5, 5.41) is 3.81. The van der Waals surface area contributed by atoms with Crippen LogP contribution >= 0.6 is 11.6 Å². The molecular formula is C26H28ClN3O. The maximum atomic E-state index is 13.6. The fourth-order valence-electron chi connectivity index (χ4n) is 4.18. The Balaban J connectivity index is 1.63. The van der Waals surface area contributed by atoms with Gasteiger partial charge >= 0.3 is 0 Å².